The van der Waals surface area contributed by atoms with Crippen LogP contribution in [0.4, 0.5) is 0 Å². The maximum absolute atomic E-state index is 6.14. The normalized spacial score (nSPS) is 21.9. The van der Waals surface area contributed by atoms with Crippen LogP contribution in [0.2, 0.25) is 0 Å². The average molecular weight is 276 g/mol. The van der Waals surface area contributed by atoms with Crippen molar-refractivity contribution < 1.29 is 4.74 Å². The first-order valence-electron chi connectivity index (χ1n) is 7.84. The molecule has 3 nitrogen and oxygen atoms in total. The van der Waals surface area contributed by atoms with E-state index >= 15 is 0 Å². The molecule has 1 fully saturated rings. The van der Waals surface area contributed by atoms with Crippen molar-refractivity contribution in [3.63, 3.8) is 0 Å². The van der Waals surface area contributed by atoms with Crippen molar-refractivity contribution in [3.8, 4) is 0 Å². The van der Waals surface area contributed by atoms with Crippen LogP contribution in [0.1, 0.15) is 49.8 Å². The smallest absolute Gasteiger partial charge is 0.0716 e. The van der Waals surface area contributed by atoms with Crippen LogP contribution in [0.3, 0.4) is 0 Å². The fraction of sp³-hybridized carbons (Fsp3) is 0.647. The third-order valence-corrected chi connectivity index (χ3v) is 4.48. The minimum absolute atomic E-state index is 0.326. The van der Waals surface area contributed by atoms with Crippen molar-refractivity contribution in [2.24, 2.45) is 5.73 Å². The number of piperidine rings is 1. The number of methoxy groups -OCH3 is 1. The van der Waals surface area contributed by atoms with Gasteiger partial charge in [0.2, 0.25) is 0 Å². The van der Waals surface area contributed by atoms with Crippen molar-refractivity contribution in [1.82, 2.24) is 4.90 Å². The first-order chi connectivity index (χ1) is 9.81. The Balaban J connectivity index is 2.26. The minimum atomic E-state index is 0.326. The molecule has 2 unspecified atom stereocenters. The third-order valence-electron chi connectivity index (χ3n) is 4.48. The molecule has 1 heterocycles. The molecule has 1 saturated heterocycles. The van der Waals surface area contributed by atoms with Crippen LogP contribution >= 0.6 is 0 Å². The molecule has 1 aromatic rings. The number of benzene rings is 1. The van der Waals surface area contributed by atoms with E-state index in [1.54, 1.807) is 7.11 Å². The molecule has 20 heavy (non-hydrogen) atoms. The zero-order chi connectivity index (χ0) is 14.4. The van der Waals surface area contributed by atoms with E-state index in [0.29, 0.717) is 25.2 Å². The number of likely N-dealkylation sites (tertiary alicyclic amines) is 1. The van der Waals surface area contributed by atoms with E-state index in [4.69, 9.17) is 10.5 Å². The SMILES string of the molecule is CCC1CCCCN1C(CN)c1ccccc1COC. The summed E-state index contributed by atoms with van der Waals surface area (Å²) in [6.07, 6.45) is 5.16. The first-order valence-corrected chi connectivity index (χ1v) is 7.84. The topological polar surface area (TPSA) is 38.5 Å². The second-order valence-electron chi connectivity index (χ2n) is 5.68. The number of ether oxygens (including phenoxy) is 1. The summed E-state index contributed by atoms with van der Waals surface area (Å²) >= 11 is 0. The molecule has 112 valence electrons. The molecule has 0 radical (unpaired) electrons. The van der Waals surface area contributed by atoms with Crippen molar-refractivity contribution in [2.75, 3.05) is 20.2 Å². The fourth-order valence-corrected chi connectivity index (χ4v) is 3.46. The van der Waals surface area contributed by atoms with Gasteiger partial charge in [-0.05, 0) is 36.9 Å². The molecular formula is C17H28N2O. The van der Waals surface area contributed by atoms with Crippen LogP contribution in [-0.2, 0) is 11.3 Å². The van der Waals surface area contributed by atoms with Crippen LogP contribution in [0.5, 0.6) is 0 Å². The lowest BCUT2D eigenvalue weighted by Gasteiger charge is -2.41. The molecule has 2 N–H and O–H groups in total. The summed E-state index contributed by atoms with van der Waals surface area (Å²) in [6, 6.07) is 9.57. The number of hydrogen-bond acceptors (Lipinski definition) is 3. The van der Waals surface area contributed by atoms with E-state index < -0.39 is 0 Å². The van der Waals surface area contributed by atoms with E-state index in [9.17, 15) is 0 Å². The maximum atomic E-state index is 6.14. The summed E-state index contributed by atoms with van der Waals surface area (Å²) in [5.74, 6) is 0. The predicted molar refractivity (Wildman–Crippen MR) is 83.6 cm³/mol. The highest BCUT2D eigenvalue weighted by Crippen LogP contribution is 2.31. The van der Waals surface area contributed by atoms with Gasteiger partial charge in [0.15, 0.2) is 0 Å². The summed E-state index contributed by atoms with van der Waals surface area (Å²) < 4.78 is 5.34. The van der Waals surface area contributed by atoms with Gasteiger partial charge in [0.1, 0.15) is 0 Å². The van der Waals surface area contributed by atoms with Gasteiger partial charge in [0.05, 0.1) is 6.61 Å². The summed E-state index contributed by atoms with van der Waals surface area (Å²) in [4.78, 5) is 2.62. The highest BCUT2D eigenvalue weighted by Gasteiger charge is 2.28. The quantitative estimate of drug-likeness (QED) is 0.867. The van der Waals surface area contributed by atoms with Gasteiger partial charge in [-0.25, -0.2) is 0 Å². The standard InChI is InChI=1S/C17H28N2O/c1-3-15-9-6-7-11-19(15)17(12-18)16-10-5-4-8-14(16)13-20-2/h4-5,8,10,15,17H,3,6-7,9,11-13,18H2,1-2H3. The van der Waals surface area contributed by atoms with E-state index in [1.165, 1.54) is 43.4 Å². The van der Waals surface area contributed by atoms with Gasteiger partial charge < -0.3 is 10.5 Å². The molecule has 0 aromatic heterocycles. The first kappa shape index (κ1) is 15.5. The molecule has 1 aromatic carbocycles. The Bertz CT molecular complexity index is 408. The molecule has 1 aliphatic rings. The van der Waals surface area contributed by atoms with Gasteiger partial charge in [-0.15, -0.1) is 0 Å². The lowest BCUT2D eigenvalue weighted by atomic mass is 9.93. The largest absolute Gasteiger partial charge is 0.380 e. The molecular weight excluding hydrogens is 248 g/mol. The second-order valence-corrected chi connectivity index (χ2v) is 5.68. The Hall–Kier alpha value is -0.900. The summed E-state index contributed by atoms with van der Waals surface area (Å²) in [5.41, 5.74) is 8.75. The Morgan fingerprint density at radius 3 is 2.85 bits per heavy atom. The summed E-state index contributed by atoms with van der Waals surface area (Å²) in [6.45, 7) is 4.80. The van der Waals surface area contributed by atoms with Gasteiger partial charge in [-0.1, -0.05) is 37.6 Å². The molecule has 1 aliphatic heterocycles. The highest BCUT2D eigenvalue weighted by atomic mass is 16.5. The molecule has 0 bridgehead atoms. The molecule has 0 spiro atoms. The molecule has 0 amide bonds. The van der Waals surface area contributed by atoms with Crippen LogP contribution < -0.4 is 5.73 Å². The summed E-state index contributed by atoms with van der Waals surface area (Å²) in [7, 11) is 1.75. The Kier molecular flexibility index (Phi) is 6.02. The summed E-state index contributed by atoms with van der Waals surface area (Å²) in [5, 5.41) is 0. The second kappa shape index (κ2) is 7.77. The molecule has 0 aliphatic carbocycles. The Labute approximate surface area is 123 Å². The number of hydrogen-bond donors (Lipinski definition) is 1. The fourth-order valence-electron chi connectivity index (χ4n) is 3.46. The Morgan fingerprint density at radius 2 is 2.15 bits per heavy atom. The number of nitrogens with two attached hydrogens (primary N) is 1. The van der Waals surface area contributed by atoms with Gasteiger partial charge >= 0.3 is 0 Å². The van der Waals surface area contributed by atoms with Crippen molar-refractivity contribution in [3.05, 3.63) is 35.4 Å². The predicted octanol–water partition coefficient (Wildman–Crippen LogP) is 3.10. The van der Waals surface area contributed by atoms with E-state index in [2.05, 4.69) is 36.1 Å². The lowest BCUT2D eigenvalue weighted by molar-refractivity contribution is 0.0929. The van der Waals surface area contributed by atoms with E-state index in [1.807, 2.05) is 0 Å². The number of rotatable bonds is 6. The highest BCUT2D eigenvalue weighted by molar-refractivity contribution is 5.30. The van der Waals surface area contributed by atoms with Crippen LogP contribution in [-0.4, -0.2) is 31.1 Å². The zero-order valence-electron chi connectivity index (χ0n) is 12.8. The zero-order valence-corrected chi connectivity index (χ0v) is 12.8. The number of nitrogens with zero attached hydrogens (tertiary/aromatic N) is 1. The van der Waals surface area contributed by atoms with Crippen LogP contribution in [0, 0.1) is 0 Å². The van der Waals surface area contributed by atoms with Gasteiger partial charge in [0.25, 0.3) is 0 Å². The Morgan fingerprint density at radius 1 is 1.35 bits per heavy atom. The van der Waals surface area contributed by atoms with Crippen LogP contribution in [0.25, 0.3) is 0 Å². The minimum Gasteiger partial charge on any atom is -0.380 e. The van der Waals surface area contributed by atoms with Gasteiger partial charge in [0, 0.05) is 25.7 Å². The van der Waals surface area contributed by atoms with Crippen molar-refractivity contribution in [1.29, 1.82) is 0 Å². The average Bonchev–Trinajstić information content (AvgIpc) is 2.50. The molecule has 0 saturated carbocycles. The molecule has 2 atom stereocenters. The van der Waals surface area contributed by atoms with Gasteiger partial charge in [-0.2, -0.15) is 0 Å². The van der Waals surface area contributed by atoms with Crippen molar-refractivity contribution >= 4 is 0 Å². The maximum Gasteiger partial charge on any atom is 0.0716 e. The lowest BCUT2D eigenvalue weighted by Crippen LogP contribution is -2.44. The molecule has 3 heteroatoms. The monoisotopic (exact) mass is 276 g/mol. The molecule has 2 rings (SSSR count). The van der Waals surface area contributed by atoms with Crippen LogP contribution in [0.15, 0.2) is 24.3 Å². The van der Waals surface area contributed by atoms with E-state index in [-0.39, 0.29) is 0 Å². The van der Waals surface area contributed by atoms with Crippen molar-refractivity contribution in [2.45, 2.75) is 51.3 Å². The third kappa shape index (κ3) is 3.40. The van der Waals surface area contributed by atoms with E-state index in [0.717, 1.165) is 0 Å². The van der Waals surface area contributed by atoms with Gasteiger partial charge in [-0.3, -0.25) is 4.90 Å².